The summed E-state index contributed by atoms with van der Waals surface area (Å²) in [6, 6.07) is 5.05. The van der Waals surface area contributed by atoms with Crippen molar-refractivity contribution in [2.75, 3.05) is 25.6 Å². The van der Waals surface area contributed by atoms with Crippen molar-refractivity contribution in [3.8, 4) is 5.75 Å². The SMILES string of the molecule is CSCCCN(C)C(=O)c1cc(I)ccc1O. The van der Waals surface area contributed by atoms with Gasteiger partial charge in [0.05, 0.1) is 5.56 Å². The van der Waals surface area contributed by atoms with Crippen molar-refractivity contribution in [1.29, 1.82) is 0 Å². The monoisotopic (exact) mass is 365 g/mol. The van der Waals surface area contributed by atoms with E-state index >= 15 is 0 Å². The van der Waals surface area contributed by atoms with Crippen molar-refractivity contribution < 1.29 is 9.90 Å². The van der Waals surface area contributed by atoms with E-state index < -0.39 is 0 Å². The van der Waals surface area contributed by atoms with Gasteiger partial charge in [-0.2, -0.15) is 11.8 Å². The Labute approximate surface area is 120 Å². The maximum Gasteiger partial charge on any atom is 0.257 e. The van der Waals surface area contributed by atoms with Crippen LogP contribution in [0.4, 0.5) is 0 Å². The van der Waals surface area contributed by atoms with Crippen LogP contribution in [0.2, 0.25) is 0 Å². The number of benzene rings is 1. The first-order valence-electron chi connectivity index (χ1n) is 5.29. The molecule has 17 heavy (non-hydrogen) atoms. The first kappa shape index (κ1) is 14.6. The number of nitrogens with zero attached hydrogens (tertiary/aromatic N) is 1. The lowest BCUT2D eigenvalue weighted by molar-refractivity contribution is 0.0792. The fraction of sp³-hybridized carbons (Fsp3) is 0.417. The van der Waals surface area contributed by atoms with E-state index in [1.165, 1.54) is 0 Å². The van der Waals surface area contributed by atoms with Crippen molar-refractivity contribution in [3.63, 3.8) is 0 Å². The number of aromatic hydroxyl groups is 1. The molecule has 0 fully saturated rings. The Bertz CT molecular complexity index is 398. The average molecular weight is 365 g/mol. The van der Waals surface area contributed by atoms with Gasteiger partial charge in [0, 0.05) is 17.2 Å². The highest BCUT2D eigenvalue weighted by molar-refractivity contribution is 14.1. The number of carbonyl (C=O) groups is 1. The molecule has 94 valence electrons. The van der Waals surface area contributed by atoms with Crippen LogP contribution in [0, 0.1) is 3.57 Å². The minimum Gasteiger partial charge on any atom is -0.507 e. The molecule has 0 aliphatic rings. The summed E-state index contributed by atoms with van der Waals surface area (Å²) < 4.78 is 0.946. The molecule has 0 radical (unpaired) electrons. The molecule has 0 saturated heterocycles. The quantitative estimate of drug-likeness (QED) is 0.645. The van der Waals surface area contributed by atoms with E-state index in [1.54, 1.807) is 41.9 Å². The van der Waals surface area contributed by atoms with Gasteiger partial charge in [-0.05, 0) is 59.2 Å². The summed E-state index contributed by atoms with van der Waals surface area (Å²) in [5.74, 6) is 0.963. The molecule has 1 rings (SSSR count). The second-order valence-corrected chi connectivity index (χ2v) is 5.97. The summed E-state index contributed by atoms with van der Waals surface area (Å²) in [6.45, 7) is 0.713. The predicted molar refractivity (Wildman–Crippen MR) is 80.8 cm³/mol. The third-order valence-electron chi connectivity index (χ3n) is 2.38. The Morgan fingerprint density at radius 2 is 2.24 bits per heavy atom. The molecular formula is C12H16INO2S. The molecular weight excluding hydrogens is 349 g/mol. The Hall–Kier alpha value is -0.430. The van der Waals surface area contributed by atoms with Gasteiger partial charge in [0.2, 0.25) is 0 Å². The molecule has 1 aromatic carbocycles. The Balaban J connectivity index is 2.71. The number of carbonyl (C=O) groups excluding carboxylic acids is 1. The molecule has 0 unspecified atom stereocenters. The molecule has 0 aliphatic carbocycles. The van der Waals surface area contributed by atoms with Gasteiger partial charge in [0.25, 0.3) is 5.91 Å². The van der Waals surface area contributed by atoms with Crippen LogP contribution in [0.5, 0.6) is 5.75 Å². The van der Waals surface area contributed by atoms with E-state index in [-0.39, 0.29) is 11.7 Å². The lowest BCUT2D eigenvalue weighted by Gasteiger charge is -2.17. The van der Waals surface area contributed by atoms with Crippen molar-refractivity contribution in [2.24, 2.45) is 0 Å². The zero-order chi connectivity index (χ0) is 12.8. The van der Waals surface area contributed by atoms with E-state index in [4.69, 9.17) is 0 Å². The molecule has 0 bridgehead atoms. The lowest BCUT2D eigenvalue weighted by atomic mass is 10.2. The van der Waals surface area contributed by atoms with Crippen molar-refractivity contribution >= 4 is 40.3 Å². The van der Waals surface area contributed by atoms with Gasteiger partial charge in [-0.25, -0.2) is 0 Å². The van der Waals surface area contributed by atoms with Crippen LogP contribution in [0.1, 0.15) is 16.8 Å². The molecule has 1 amide bonds. The Morgan fingerprint density at radius 1 is 1.53 bits per heavy atom. The van der Waals surface area contributed by atoms with Crippen LogP contribution < -0.4 is 0 Å². The van der Waals surface area contributed by atoms with Gasteiger partial charge >= 0.3 is 0 Å². The van der Waals surface area contributed by atoms with Crippen LogP contribution in [-0.2, 0) is 0 Å². The standard InChI is InChI=1S/C12H16INO2S/c1-14(6-3-7-17-2)12(16)10-8-9(13)4-5-11(10)15/h4-5,8,15H,3,6-7H2,1-2H3. The number of phenols is 1. The molecule has 0 aromatic heterocycles. The Morgan fingerprint density at radius 3 is 2.88 bits per heavy atom. The summed E-state index contributed by atoms with van der Waals surface area (Å²) in [5, 5.41) is 9.67. The van der Waals surface area contributed by atoms with Gasteiger partial charge in [-0.15, -0.1) is 0 Å². The summed E-state index contributed by atoms with van der Waals surface area (Å²) >= 11 is 3.90. The molecule has 0 spiro atoms. The minimum absolute atomic E-state index is 0.0483. The molecule has 5 heteroatoms. The zero-order valence-electron chi connectivity index (χ0n) is 9.94. The lowest BCUT2D eigenvalue weighted by Crippen LogP contribution is -2.28. The van der Waals surface area contributed by atoms with Crippen molar-refractivity contribution in [1.82, 2.24) is 4.90 Å². The largest absolute Gasteiger partial charge is 0.507 e. The first-order valence-corrected chi connectivity index (χ1v) is 7.76. The van der Waals surface area contributed by atoms with Crippen LogP contribution in [-0.4, -0.2) is 41.5 Å². The molecule has 1 N–H and O–H groups in total. The van der Waals surface area contributed by atoms with Gasteiger partial charge in [-0.1, -0.05) is 0 Å². The summed E-state index contributed by atoms with van der Waals surface area (Å²) in [4.78, 5) is 13.7. The first-order chi connectivity index (χ1) is 8.06. The van der Waals surface area contributed by atoms with Crippen molar-refractivity contribution in [2.45, 2.75) is 6.42 Å². The summed E-state index contributed by atoms with van der Waals surface area (Å²) in [7, 11) is 1.77. The van der Waals surface area contributed by atoms with E-state index in [1.807, 2.05) is 6.26 Å². The van der Waals surface area contributed by atoms with Gasteiger partial charge < -0.3 is 10.0 Å². The van der Waals surface area contributed by atoms with Gasteiger partial charge in [0.15, 0.2) is 0 Å². The fourth-order valence-corrected chi connectivity index (χ4v) is 2.34. The number of phenolic OH excluding ortho intramolecular Hbond substituents is 1. The third kappa shape index (κ3) is 4.39. The highest BCUT2D eigenvalue weighted by Crippen LogP contribution is 2.21. The predicted octanol–water partition coefficient (Wildman–Crippen LogP) is 2.82. The van der Waals surface area contributed by atoms with Gasteiger partial charge in [0.1, 0.15) is 5.75 Å². The molecule has 0 heterocycles. The van der Waals surface area contributed by atoms with Crippen LogP contribution in [0.25, 0.3) is 0 Å². The molecule has 0 aliphatic heterocycles. The number of hydrogen-bond acceptors (Lipinski definition) is 3. The van der Waals surface area contributed by atoms with E-state index in [9.17, 15) is 9.90 Å². The molecule has 1 aromatic rings. The number of rotatable bonds is 5. The highest BCUT2D eigenvalue weighted by atomic mass is 127. The fourth-order valence-electron chi connectivity index (χ4n) is 1.43. The average Bonchev–Trinajstić information content (AvgIpc) is 2.31. The maximum atomic E-state index is 12.1. The van der Waals surface area contributed by atoms with Crippen LogP contribution in [0.15, 0.2) is 18.2 Å². The summed E-state index contributed by atoms with van der Waals surface area (Å²) in [5.41, 5.74) is 0.378. The number of thioether (sulfide) groups is 1. The van der Waals surface area contributed by atoms with E-state index in [0.717, 1.165) is 15.7 Å². The highest BCUT2D eigenvalue weighted by Gasteiger charge is 2.15. The topological polar surface area (TPSA) is 40.5 Å². The van der Waals surface area contributed by atoms with Crippen LogP contribution in [0.3, 0.4) is 0 Å². The smallest absolute Gasteiger partial charge is 0.257 e. The number of hydrogen-bond donors (Lipinski definition) is 1. The van der Waals surface area contributed by atoms with Crippen molar-refractivity contribution in [3.05, 3.63) is 27.3 Å². The molecule has 3 nitrogen and oxygen atoms in total. The van der Waals surface area contributed by atoms with E-state index in [2.05, 4.69) is 22.6 Å². The second kappa shape index (κ2) is 7.10. The molecule has 0 saturated carbocycles. The van der Waals surface area contributed by atoms with Gasteiger partial charge in [-0.3, -0.25) is 4.79 Å². The number of halogens is 1. The summed E-state index contributed by atoms with van der Waals surface area (Å²) in [6.07, 6.45) is 3.02. The van der Waals surface area contributed by atoms with E-state index in [0.29, 0.717) is 12.1 Å². The Kier molecular flexibility index (Phi) is 6.11. The van der Waals surface area contributed by atoms with Crippen LogP contribution >= 0.6 is 34.4 Å². The maximum absolute atomic E-state index is 12.1. The third-order valence-corrected chi connectivity index (χ3v) is 3.75. The minimum atomic E-state index is -0.123. The molecule has 0 atom stereocenters. The number of amides is 1. The second-order valence-electron chi connectivity index (χ2n) is 3.73. The zero-order valence-corrected chi connectivity index (χ0v) is 12.9. The normalized spacial score (nSPS) is 10.3.